The lowest BCUT2D eigenvalue weighted by atomic mass is 10.2. The zero-order valence-corrected chi connectivity index (χ0v) is 15.1. The SMILES string of the molecule is CNC(=S)N/N=C\c1ccc(OCC(=O)N2CCOCC2)c(OC)c1. The van der Waals surface area contributed by atoms with Gasteiger partial charge in [0.2, 0.25) is 0 Å². The first-order chi connectivity index (χ1) is 12.1. The van der Waals surface area contributed by atoms with Gasteiger partial charge in [-0.05, 0) is 36.0 Å². The number of hydrazone groups is 1. The predicted octanol–water partition coefficient (Wildman–Crippen LogP) is 0.361. The van der Waals surface area contributed by atoms with Crippen molar-refractivity contribution in [3.05, 3.63) is 23.8 Å². The Morgan fingerprint density at radius 3 is 2.84 bits per heavy atom. The molecular formula is C16H22N4O4S. The van der Waals surface area contributed by atoms with E-state index in [-0.39, 0.29) is 12.5 Å². The van der Waals surface area contributed by atoms with Crippen LogP contribution in [0.3, 0.4) is 0 Å². The fourth-order valence-corrected chi connectivity index (χ4v) is 2.20. The molecule has 2 N–H and O–H groups in total. The van der Waals surface area contributed by atoms with Crippen molar-refractivity contribution in [3.63, 3.8) is 0 Å². The Morgan fingerprint density at radius 1 is 1.40 bits per heavy atom. The number of benzene rings is 1. The van der Waals surface area contributed by atoms with Crippen LogP contribution in [0.25, 0.3) is 0 Å². The number of rotatable bonds is 6. The maximum Gasteiger partial charge on any atom is 0.260 e. The molecule has 9 heteroatoms. The monoisotopic (exact) mass is 366 g/mol. The predicted molar refractivity (Wildman–Crippen MR) is 98.3 cm³/mol. The summed E-state index contributed by atoms with van der Waals surface area (Å²) in [6.45, 7) is 2.27. The van der Waals surface area contributed by atoms with E-state index in [9.17, 15) is 4.79 Å². The van der Waals surface area contributed by atoms with Gasteiger partial charge < -0.3 is 24.4 Å². The van der Waals surface area contributed by atoms with Crippen LogP contribution in [0.5, 0.6) is 11.5 Å². The Labute approximate surface area is 152 Å². The highest BCUT2D eigenvalue weighted by Gasteiger charge is 2.17. The van der Waals surface area contributed by atoms with Crippen LogP contribution in [0.4, 0.5) is 0 Å². The normalized spacial score (nSPS) is 14.2. The molecule has 0 aliphatic carbocycles. The molecule has 0 atom stereocenters. The van der Waals surface area contributed by atoms with Crippen molar-refractivity contribution in [2.45, 2.75) is 0 Å². The smallest absolute Gasteiger partial charge is 0.260 e. The number of hydrogen-bond donors (Lipinski definition) is 2. The molecule has 0 unspecified atom stereocenters. The van der Waals surface area contributed by atoms with Gasteiger partial charge in [-0.25, -0.2) is 0 Å². The third-order valence-electron chi connectivity index (χ3n) is 3.51. The van der Waals surface area contributed by atoms with Crippen molar-refractivity contribution in [1.82, 2.24) is 15.6 Å². The number of nitrogens with one attached hydrogen (secondary N) is 2. The molecule has 1 aliphatic rings. The highest BCUT2D eigenvalue weighted by atomic mass is 32.1. The average Bonchev–Trinajstić information content (AvgIpc) is 2.66. The second-order valence-electron chi connectivity index (χ2n) is 5.14. The first-order valence-electron chi connectivity index (χ1n) is 7.81. The molecule has 0 aromatic heterocycles. The maximum absolute atomic E-state index is 12.1. The van der Waals surface area contributed by atoms with Crippen LogP contribution in [-0.2, 0) is 9.53 Å². The lowest BCUT2D eigenvalue weighted by Crippen LogP contribution is -2.43. The maximum atomic E-state index is 12.1. The molecule has 0 bridgehead atoms. The van der Waals surface area contributed by atoms with Crippen molar-refractivity contribution < 1.29 is 19.0 Å². The van der Waals surface area contributed by atoms with Crippen LogP contribution >= 0.6 is 12.2 Å². The summed E-state index contributed by atoms with van der Waals surface area (Å²) in [5.74, 6) is 0.954. The zero-order chi connectivity index (χ0) is 18.1. The molecule has 2 rings (SSSR count). The van der Waals surface area contributed by atoms with Crippen molar-refractivity contribution >= 4 is 29.5 Å². The van der Waals surface area contributed by atoms with E-state index in [0.29, 0.717) is 42.9 Å². The van der Waals surface area contributed by atoms with E-state index in [1.807, 2.05) is 6.07 Å². The minimum absolute atomic E-state index is 0.0399. The van der Waals surface area contributed by atoms with Crippen LogP contribution < -0.4 is 20.2 Å². The quantitative estimate of drug-likeness (QED) is 0.427. The van der Waals surface area contributed by atoms with Crippen molar-refractivity contribution in [3.8, 4) is 11.5 Å². The third-order valence-corrected chi connectivity index (χ3v) is 3.80. The number of nitrogens with zero attached hydrogens (tertiary/aromatic N) is 2. The molecule has 25 heavy (non-hydrogen) atoms. The number of carbonyl (C=O) groups is 1. The Morgan fingerprint density at radius 2 is 2.16 bits per heavy atom. The van der Waals surface area contributed by atoms with E-state index in [2.05, 4.69) is 15.8 Å². The van der Waals surface area contributed by atoms with Crippen molar-refractivity contribution in [2.24, 2.45) is 5.10 Å². The highest BCUT2D eigenvalue weighted by Crippen LogP contribution is 2.27. The molecule has 1 aromatic carbocycles. The fourth-order valence-electron chi connectivity index (χ4n) is 2.15. The average molecular weight is 366 g/mol. The molecule has 0 saturated carbocycles. The van der Waals surface area contributed by atoms with Gasteiger partial charge in [0.1, 0.15) is 0 Å². The van der Waals surface area contributed by atoms with E-state index in [1.165, 1.54) is 0 Å². The standard InChI is InChI=1S/C16H22N4O4S/c1-17-16(25)19-18-10-12-3-4-13(14(9-12)22-2)24-11-15(21)20-5-7-23-8-6-20/h3-4,9-10H,5-8,11H2,1-2H3,(H2,17,19,25)/b18-10-. The van der Waals surface area contributed by atoms with Gasteiger partial charge in [-0.1, -0.05) is 0 Å². The Kier molecular flexibility index (Phi) is 7.42. The molecule has 0 spiro atoms. The second kappa shape index (κ2) is 9.80. The molecule has 136 valence electrons. The minimum atomic E-state index is -0.0687. The Bertz CT molecular complexity index is 633. The van der Waals surface area contributed by atoms with Gasteiger partial charge in [-0.15, -0.1) is 0 Å². The highest BCUT2D eigenvalue weighted by molar-refractivity contribution is 7.80. The van der Waals surface area contributed by atoms with Gasteiger partial charge in [0.05, 0.1) is 26.5 Å². The second-order valence-corrected chi connectivity index (χ2v) is 5.55. The van der Waals surface area contributed by atoms with Crippen molar-refractivity contribution in [2.75, 3.05) is 47.1 Å². The van der Waals surface area contributed by atoms with Gasteiger partial charge in [-0.3, -0.25) is 10.2 Å². The number of methoxy groups -OCH3 is 1. The van der Waals surface area contributed by atoms with Crippen molar-refractivity contribution in [1.29, 1.82) is 0 Å². The van der Waals surface area contributed by atoms with E-state index in [4.69, 9.17) is 26.4 Å². The van der Waals surface area contributed by atoms with E-state index < -0.39 is 0 Å². The molecule has 0 radical (unpaired) electrons. The summed E-state index contributed by atoms with van der Waals surface area (Å²) in [4.78, 5) is 13.9. The summed E-state index contributed by atoms with van der Waals surface area (Å²) >= 11 is 4.93. The molecule has 1 fully saturated rings. The third kappa shape index (κ3) is 5.87. The molecule has 1 saturated heterocycles. The van der Waals surface area contributed by atoms with Crippen LogP contribution in [0, 0.1) is 0 Å². The number of carbonyl (C=O) groups excluding carboxylic acids is 1. The van der Waals surface area contributed by atoms with Gasteiger partial charge in [-0.2, -0.15) is 5.10 Å². The molecule has 1 heterocycles. The van der Waals surface area contributed by atoms with E-state index in [1.54, 1.807) is 37.4 Å². The number of hydrogen-bond acceptors (Lipinski definition) is 6. The number of ether oxygens (including phenoxy) is 3. The molecule has 1 aromatic rings. The molecule has 1 amide bonds. The van der Waals surface area contributed by atoms with Crippen LogP contribution in [0.2, 0.25) is 0 Å². The summed E-state index contributed by atoms with van der Waals surface area (Å²) < 4.78 is 16.2. The summed E-state index contributed by atoms with van der Waals surface area (Å²) in [7, 11) is 3.25. The van der Waals surface area contributed by atoms with E-state index in [0.717, 1.165) is 5.56 Å². The topological polar surface area (TPSA) is 84.4 Å². The molecular weight excluding hydrogens is 344 g/mol. The van der Waals surface area contributed by atoms with Crippen LogP contribution in [-0.4, -0.2) is 69.2 Å². The lowest BCUT2D eigenvalue weighted by Gasteiger charge is -2.26. The number of amides is 1. The van der Waals surface area contributed by atoms with Gasteiger partial charge in [0.25, 0.3) is 5.91 Å². The van der Waals surface area contributed by atoms with Gasteiger partial charge in [0, 0.05) is 20.1 Å². The van der Waals surface area contributed by atoms with Crippen LogP contribution in [0.1, 0.15) is 5.56 Å². The minimum Gasteiger partial charge on any atom is -0.493 e. The summed E-state index contributed by atoms with van der Waals surface area (Å²) in [6.07, 6.45) is 1.61. The number of morpholine rings is 1. The van der Waals surface area contributed by atoms with Crippen LogP contribution in [0.15, 0.2) is 23.3 Å². The fraction of sp³-hybridized carbons (Fsp3) is 0.438. The molecule has 1 aliphatic heterocycles. The van der Waals surface area contributed by atoms with E-state index >= 15 is 0 Å². The first-order valence-corrected chi connectivity index (χ1v) is 8.22. The summed E-state index contributed by atoms with van der Waals surface area (Å²) in [6, 6.07) is 5.32. The largest absolute Gasteiger partial charge is 0.493 e. The Hall–Kier alpha value is -2.39. The zero-order valence-electron chi connectivity index (χ0n) is 14.3. The summed E-state index contributed by atoms with van der Waals surface area (Å²) in [5, 5.41) is 7.18. The van der Waals surface area contributed by atoms with Gasteiger partial charge in [0.15, 0.2) is 23.2 Å². The summed E-state index contributed by atoms with van der Waals surface area (Å²) in [5.41, 5.74) is 3.47. The first kappa shape index (κ1) is 18.9. The van der Waals surface area contributed by atoms with Gasteiger partial charge >= 0.3 is 0 Å². The molecule has 8 nitrogen and oxygen atoms in total. The number of thiocarbonyl (C=S) groups is 1. The lowest BCUT2D eigenvalue weighted by molar-refractivity contribution is -0.137. The Balaban J connectivity index is 1.94.